The fourth-order valence-electron chi connectivity index (χ4n) is 1.42. The molecule has 0 aliphatic rings. The van der Waals surface area contributed by atoms with Gasteiger partial charge in [-0.2, -0.15) is 0 Å². The van der Waals surface area contributed by atoms with E-state index in [-0.39, 0.29) is 11.3 Å². The van der Waals surface area contributed by atoms with Crippen molar-refractivity contribution in [1.82, 2.24) is 5.32 Å². The molecule has 0 fully saturated rings. The predicted molar refractivity (Wildman–Crippen MR) is 74.0 cm³/mol. The first-order valence-electron chi connectivity index (χ1n) is 6.61. The van der Waals surface area contributed by atoms with Gasteiger partial charge < -0.3 is 11.1 Å². The zero-order valence-corrected chi connectivity index (χ0v) is 11.9. The summed E-state index contributed by atoms with van der Waals surface area (Å²) in [7, 11) is 0. The summed E-state index contributed by atoms with van der Waals surface area (Å²) in [5.41, 5.74) is 6.09. The third kappa shape index (κ3) is 7.43. The van der Waals surface area contributed by atoms with Crippen molar-refractivity contribution in [3.8, 4) is 0 Å². The number of carbonyl (C=O) groups is 1. The van der Waals surface area contributed by atoms with Crippen LogP contribution in [0.2, 0.25) is 0 Å². The summed E-state index contributed by atoms with van der Waals surface area (Å²) in [6.45, 7) is 10.6. The van der Waals surface area contributed by atoms with Gasteiger partial charge in [-0.3, -0.25) is 4.79 Å². The monoisotopic (exact) mass is 258 g/mol. The van der Waals surface area contributed by atoms with Crippen LogP contribution in [0.3, 0.4) is 0 Å². The van der Waals surface area contributed by atoms with Gasteiger partial charge in [0.15, 0.2) is 0 Å². The summed E-state index contributed by atoms with van der Waals surface area (Å²) in [6.07, 6.45) is 1.15. The smallest absolute Gasteiger partial charge is 0.220 e. The standard InChI is InChI=1S/C14H27FN2O/c1-5-12(15)11(2)7-6-8-13(18)17-10-14(3,4)9-16/h12H,2,5-10,16H2,1,3-4H3,(H,17,18). The number of allylic oxidation sites excluding steroid dienone is 1. The summed E-state index contributed by atoms with van der Waals surface area (Å²) >= 11 is 0. The lowest BCUT2D eigenvalue weighted by atomic mass is 9.94. The average molecular weight is 258 g/mol. The Morgan fingerprint density at radius 1 is 1.44 bits per heavy atom. The molecule has 0 aliphatic heterocycles. The topological polar surface area (TPSA) is 55.1 Å². The van der Waals surface area contributed by atoms with Crippen LogP contribution in [0.25, 0.3) is 0 Å². The summed E-state index contributed by atoms with van der Waals surface area (Å²) in [5, 5.41) is 2.85. The molecule has 0 rings (SSSR count). The van der Waals surface area contributed by atoms with Crippen LogP contribution in [-0.2, 0) is 4.79 Å². The molecule has 3 N–H and O–H groups in total. The largest absolute Gasteiger partial charge is 0.356 e. The average Bonchev–Trinajstić information content (AvgIpc) is 2.35. The van der Waals surface area contributed by atoms with Crippen molar-refractivity contribution in [1.29, 1.82) is 0 Å². The van der Waals surface area contributed by atoms with Gasteiger partial charge in [-0.05, 0) is 36.8 Å². The van der Waals surface area contributed by atoms with E-state index in [1.165, 1.54) is 0 Å². The third-order valence-corrected chi connectivity index (χ3v) is 3.02. The number of halogens is 1. The van der Waals surface area contributed by atoms with Crippen LogP contribution in [0.1, 0.15) is 46.5 Å². The molecule has 0 saturated heterocycles. The van der Waals surface area contributed by atoms with Crippen molar-refractivity contribution in [3.63, 3.8) is 0 Å². The van der Waals surface area contributed by atoms with Crippen molar-refractivity contribution < 1.29 is 9.18 Å². The fourth-order valence-corrected chi connectivity index (χ4v) is 1.42. The van der Waals surface area contributed by atoms with Gasteiger partial charge in [0.25, 0.3) is 0 Å². The second-order valence-electron chi connectivity index (χ2n) is 5.53. The summed E-state index contributed by atoms with van der Waals surface area (Å²) in [5.74, 6) is -0.00349. The second-order valence-corrected chi connectivity index (χ2v) is 5.53. The predicted octanol–water partition coefficient (Wildman–Crippen LogP) is 2.56. The van der Waals surface area contributed by atoms with Crippen LogP contribution in [0, 0.1) is 5.41 Å². The first kappa shape index (κ1) is 17.1. The maximum atomic E-state index is 13.2. The quantitative estimate of drug-likeness (QED) is 0.624. The summed E-state index contributed by atoms with van der Waals surface area (Å²) in [6, 6.07) is 0. The highest BCUT2D eigenvalue weighted by Crippen LogP contribution is 2.15. The number of nitrogens with one attached hydrogen (secondary N) is 1. The van der Waals surface area contributed by atoms with Crippen molar-refractivity contribution in [2.24, 2.45) is 11.1 Å². The number of alkyl halides is 1. The number of carbonyl (C=O) groups excluding carboxylic acids is 1. The molecule has 0 radical (unpaired) electrons. The lowest BCUT2D eigenvalue weighted by molar-refractivity contribution is -0.121. The SMILES string of the molecule is C=C(CCCC(=O)NCC(C)(C)CN)C(F)CC. The lowest BCUT2D eigenvalue weighted by Crippen LogP contribution is -2.38. The Balaban J connectivity index is 3.75. The van der Waals surface area contributed by atoms with Gasteiger partial charge in [0.2, 0.25) is 5.91 Å². The molecule has 0 heterocycles. The number of rotatable bonds is 9. The highest BCUT2D eigenvalue weighted by atomic mass is 19.1. The zero-order valence-electron chi connectivity index (χ0n) is 11.9. The van der Waals surface area contributed by atoms with Gasteiger partial charge in [0, 0.05) is 13.0 Å². The molecule has 0 spiro atoms. The number of hydrogen-bond donors (Lipinski definition) is 2. The normalized spacial score (nSPS) is 13.2. The maximum Gasteiger partial charge on any atom is 0.220 e. The van der Waals surface area contributed by atoms with Gasteiger partial charge in [-0.15, -0.1) is 0 Å². The maximum absolute atomic E-state index is 13.2. The van der Waals surface area contributed by atoms with E-state index in [0.29, 0.717) is 44.3 Å². The van der Waals surface area contributed by atoms with Crippen LogP contribution in [0.4, 0.5) is 4.39 Å². The molecule has 0 aromatic rings. The highest BCUT2D eigenvalue weighted by Gasteiger charge is 2.16. The van der Waals surface area contributed by atoms with E-state index in [1.807, 2.05) is 13.8 Å². The summed E-state index contributed by atoms with van der Waals surface area (Å²) < 4.78 is 13.2. The van der Waals surface area contributed by atoms with Crippen molar-refractivity contribution >= 4 is 5.91 Å². The number of nitrogens with two attached hydrogens (primary N) is 1. The van der Waals surface area contributed by atoms with Gasteiger partial charge in [0.1, 0.15) is 6.17 Å². The van der Waals surface area contributed by atoms with E-state index in [9.17, 15) is 9.18 Å². The fraction of sp³-hybridized carbons (Fsp3) is 0.786. The van der Waals surface area contributed by atoms with Crippen LogP contribution in [0.5, 0.6) is 0 Å². The number of hydrogen-bond acceptors (Lipinski definition) is 2. The zero-order chi connectivity index (χ0) is 14.2. The molecule has 0 aliphatic carbocycles. The Morgan fingerprint density at radius 3 is 2.56 bits per heavy atom. The Hall–Kier alpha value is -0.900. The van der Waals surface area contributed by atoms with Crippen LogP contribution in [-0.4, -0.2) is 25.2 Å². The van der Waals surface area contributed by atoms with Gasteiger partial charge >= 0.3 is 0 Å². The van der Waals surface area contributed by atoms with Crippen LogP contribution in [0.15, 0.2) is 12.2 Å². The van der Waals surface area contributed by atoms with Crippen LogP contribution < -0.4 is 11.1 Å². The Bertz CT molecular complexity index is 277. The van der Waals surface area contributed by atoms with Crippen molar-refractivity contribution in [2.75, 3.05) is 13.1 Å². The molecule has 0 saturated carbocycles. The molecule has 1 atom stereocenters. The van der Waals surface area contributed by atoms with E-state index in [4.69, 9.17) is 5.73 Å². The summed E-state index contributed by atoms with van der Waals surface area (Å²) in [4.78, 5) is 11.6. The van der Waals surface area contributed by atoms with Crippen molar-refractivity contribution in [2.45, 2.75) is 52.6 Å². The third-order valence-electron chi connectivity index (χ3n) is 3.02. The minimum atomic E-state index is -0.941. The molecule has 106 valence electrons. The van der Waals surface area contributed by atoms with E-state index in [1.54, 1.807) is 6.92 Å². The molecule has 0 bridgehead atoms. The van der Waals surface area contributed by atoms with E-state index in [2.05, 4.69) is 11.9 Å². The molecule has 4 heteroatoms. The molecule has 1 unspecified atom stereocenters. The number of amides is 1. The highest BCUT2D eigenvalue weighted by molar-refractivity contribution is 5.75. The van der Waals surface area contributed by atoms with E-state index in [0.717, 1.165) is 0 Å². The molecule has 0 aromatic carbocycles. The van der Waals surface area contributed by atoms with Gasteiger partial charge in [-0.1, -0.05) is 27.4 Å². The minimum absolute atomic E-state index is 0.00349. The van der Waals surface area contributed by atoms with Gasteiger partial charge in [0.05, 0.1) is 0 Å². The van der Waals surface area contributed by atoms with Gasteiger partial charge in [-0.25, -0.2) is 4.39 Å². The Morgan fingerprint density at radius 2 is 2.06 bits per heavy atom. The molecular weight excluding hydrogens is 231 g/mol. The molecule has 18 heavy (non-hydrogen) atoms. The van der Waals surface area contributed by atoms with Crippen LogP contribution >= 0.6 is 0 Å². The second kappa shape index (κ2) is 8.25. The molecular formula is C14H27FN2O. The Labute approximate surface area is 110 Å². The molecule has 3 nitrogen and oxygen atoms in total. The van der Waals surface area contributed by atoms with E-state index < -0.39 is 6.17 Å². The first-order valence-corrected chi connectivity index (χ1v) is 6.61. The minimum Gasteiger partial charge on any atom is -0.356 e. The molecule has 0 aromatic heterocycles. The molecule has 1 amide bonds. The van der Waals surface area contributed by atoms with Crippen molar-refractivity contribution in [3.05, 3.63) is 12.2 Å². The lowest BCUT2D eigenvalue weighted by Gasteiger charge is -2.22. The Kier molecular flexibility index (Phi) is 7.83. The first-order chi connectivity index (χ1) is 8.32. The van der Waals surface area contributed by atoms with E-state index >= 15 is 0 Å².